The number of para-hydroxylation sites is 1. The molecule has 2 heterocycles. The van der Waals surface area contributed by atoms with Gasteiger partial charge in [-0.1, -0.05) is 25.1 Å². The Morgan fingerprint density at radius 1 is 1.22 bits per heavy atom. The number of rotatable bonds is 6. The summed E-state index contributed by atoms with van der Waals surface area (Å²) in [7, 11) is 1.85. The van der Waals surface area contributed by atoms with E-state index >= 15 is 0 Å². The molecule has 0 radical (unpaired) electrons. The molecule has 27 heavy (non-hydrogen) atoms. The lowest BCUT2D eigenvalue weighted by Crippen LogP contribution is -2.19. The molecule has 0 bridgehead atoms. The van der Waals surface area contributed by atoms with Crippen molar-refractivity contribution in [3.05, 3.63) is 60.0 Å². The van der Waals surface area contributed by atoms with Crippen molar-refractivity contribution in [1.29, 1.82) is 0 Å². The van der Waals surface area contributed by atoms with Gasteiger partial charge in [0.15, 0.2) is 12.4 Å². The normalized spacial score (nSPS) is 12.9. The highest BCUT2D eigenvalue weighted by Crippen LogP contribution is 2.25. The largest absolute Gasteiger partial charge is 0.483 e. The van der Waals surface area contributed by atoms with Gasteiger partial charge in [-0.05, 0) is 24.3 Å². The predicted octanol–water partition coefficient (Wildman–Crippen LogP) is 4.89. The average Bonchev–Trinajstić information content (AvgIpc) is 2.97. The van der Waals surface area contributed by atoms with Crippen molar-refractivity contribution in [3.8, 4) is 5.75 Å². The zero-order valence-corrected chi connectivity index (χ0v) is 15.0. The standard InChI is InChI=1S/C20H19F3N2O2/c1-13(16-8-7-15(11-24-16)27-12-20(21,22)23)9-19(26)18-10-14-5-3-4-6-17(14)25(18)2/h3-8,10-11,13H,9,12H2,1-2H3/t13-/m0/s1. The van der Waals surface area contributed by atoms with Crippen LogP contribution in [0, 0.1) is 0 Å². The van der Waals surface area contributed by atoms with Crippen LogP contribution in [0.3, 0.4) is 0 Å². The lowest BCUT2D eigenvalue weighted by atomic mass is 9.99. The SMILES string of the molecule is C[C@@H](CC(=O)c1cc2ccccc2n1C)c1ccc(OCC(F)(F)F)cn1. The number of aryl methyl sites for hydroxylation is 1. The number of fused-ring (bicyclic) bond motifs is 1. The second-order valence-corrected chi connectivity index (χ2v) is 6.50. The van der Waals surface area contributed by atoms with E-state index in [1.807, 2.05) is 48.9 Å². The number of alkyl halides is 3. The fraction of sp³-hybridized carbons (Fsp3) is 0.300. The minimum absolute atomic E-state index is 0.0135. The first-order valence-corrected chi connectivity index (χ1v) is 8.48. The summed E-state index contributed by atoms with van der Waals surface area (Å²) >= 11 is 0. The minimum Gasteiger partial charge on any atom is -0.483 e. The van der Waals surface area contributed by atoms with Gasteiger partial charge in [-0.3, -0.25) is 9.78 Å². The van der Waals surface area contributed by atoms with E-state index in [-0.39, 0.29) is 23.9 Å². The van der Waals surface area contributed by atoms with Crippen molar-refractivity contribution in [1.82, 2.24) is 9.55 Å². The van der Waals surface area contributed by atoms with Crippen molar-refractivity contribution >= 4 is 16.7 Å². The van der Waals surface area contributed by atoms with Crippen LogP contribution in [0.5, 0.6) is 5.75 Å². The molecule has 0 N–H and O–H groups in total. The number of hydrogen-bond acceptors (Lipinski definition) is 3. The van der Waals surface area contributed by atoms with E-state index in [2.05, 4.69) is 9.72 Å². The molecule has 0 aliphatic rings. The first kappa shape index (κ1) is 18.9. The Kier molecular flexibility index (Phi) is 5.21. The Bertz CT molecular complexity index is 946. The van der Waals surface area contributed by atoms with Gasteiger partial charge in [0.2, 0.25) is 0 Å². The Morgan fingerprint density at radius 2 is 1.96 bits per heavy atom. The smallest absolute Gasteiger partial charge is 0.422 e. The van der Waals surface area contributed by atoms with Gasteiger partial charge in [-0.25, -0.2) is 0 Å². The topological polar surface area (TPSA) is 44.1 Å². The summed E-state index contributed by atoms with van der Waals surface area (Å²) in [5.74, 6) is -0.143. The number of nitrogens with zero attached hydrogens (tertiary/aromatic N) is 2. The summed E-state index contributed by atoms with van der Waals surface area (Å²) in [6.45, 7) is 0.502. The number of ketones is 1. The quantitative estimate of drug-likeness (QED) is 0.575. The molecule has 3 aromatic rings. The first-order valence-electron chi connectivity index (χ1n) is 8.48. The van der Waals surface area contributed by atoms with Crippen LogP contribution >= 0.6 is 0 Å². The summed E-state index contributed by atoms with van der Waals surface area (Å²) in [5.41, 5.74) is 2.23. The molecular weight excluding hydrogens is 357 g/mol. The van der Waals surface area contributed by atoms with Crippen LogP contribution in [0.2, 0.25) is 0 Å². The van der Waals surface area contributed by atoms with Crippen molar-refractivity contribution in [3.63, 3.8) is 0 Å². The van der Waals surface area contributed by atoms with Crippen molar-refractivity contribution in [2.75, 3.05) is 6.61 Å². The molecule has 0 saturated carbocycles. The monoisotopic (exact) mass is 376 g/mol. The fourth-order valence-electron chi connectivity index (χ4n) is 2.98. The van der Waals surface area contributed by atoms with Crippen molar-refractivity contribution < 1.29 is 22.7 Å². The Labute approximate surface area is 154 Å². The number of halogens is 3. The fourth-order valence-corrected chi connectivity index (χ4v) is 2.98. The molecule has 142 valence electrons. The second kappa shape index (κ2) is 7.42. The van der Waals surface area contributed by atoms with Crippen LogP contribution < -0.4 is 4.74 Å². The molecule has 3 rings (SSSR count). The molecule has 0 unspecified atom stereocenters. The van der Waals surface area contributed by atoms with Gasteiger partial charge in [0.25, 0.3) is 0 Å². The Morgan fingerprint density at radius 3 is 2.59 bits per heavy atom. The average molecular weight is 376 g/mol. The number of aromatic nitrogens is 2. The summed E-state index contributed by atoms with van der Waals surface area (Å²) in [4.78, 5) is 16.8. The lowest BCUT2D eigenvalue weighted by Gasteiger charge is -2.12. The summed E-state index contributed by atoms with van der Waals surface area (Å²) in [6, 6.07) is 12.6. The molecule has 0 amide bonds. The highest BCUT2D eigenvalue weighted by Gasteiger charge is 2.28. The van der Waals surface area contributed by atoms with E-state index in [0.29, 0.717) is 11.4 Å². The van der Waals surface area contributed by atoms with Gasteiger partial charge in [0, 0.05) is 36.0 Å². The zero-order valence-electron chi connectivity index (χ0n) is 15.0. The first-order chi connectivity index (χ1) is 12.7. The van der Waals surface area contributed by atoms with E-state index in [0.717, 1.165) is 10.9 Å². The number of pyridine rings is 1. The van der Waals surface area contributed by atoms with Crippen LogP contribution in [-0.4, -0.2) is 28.1 Å². The third-order valence-electron chi connectivity index (χ3n) is 4.40. The zero-order chi connectivity index (χ0) is 19.6. The van der Waals surface area contributed by atoms with Gasteiger partial charge in [0.1, 0.15) is 5.75 Å². The van der Waals surface area contributed by atoms with Gasteiger partial charge >= 0.3 is 6.18 Å². The third kappa shape index (κ3) is 4.48. The van der Waals surface area contributed by atoms with Gasteiger partial charge < -0.3 is 9.30 Å². The molecule has 1 atom stereocenters. The van der Waals surface area contributed by atoms with E-state index in [1.54, 1.807) is 6.07 Å². The molecule has 7 heteroatoms. The van der Waals surface area contributed by atoms with Crippen LogP contribution in [0.4, 0.5) is 13.2 Å². The molecule has 1 aromatic carbocycles. The number of carbonyl (C=O) groups is 1. The van der Waals surface area contributed by atoms with Crippen molar-refractivity contribution in [2.24, 2.45) is 7.05 Å². The maximum absolute atomic E-state index is 12.7. The van der Waals surface area contributed by atoms with Crippen LogP contribution in [0.25, 0.3) is 10.9 Å². The summed E-state index contributed by atoms with van der Waals surface area (Å²) in [5, 5.41) is 1.00. The number of Topliss-reactive ketones (excluding diaryl/α,β-unsaturated/α-hetero) is 1. The van der Waals surface area contributed by atoms with Gasteiger partial charge in [-0.15, -0.1) is 0 Å². The predicted molar refractivity (Wildman–Crippen MR) is 96.1 cm³/mol. The maximum atomic E-state index is 12.7. The van der Waals surface area contributed by atoms with Gasteiger partial charge in [0.05, 0.1) is 11.9 Å². The molecule has 0 fully saturated rings. The number of hydrogen-bond donors (Lipinski definition) is 0. The molecule has 0 spiro atoms. The molecule has 0 aliphatic carbocycles. The van der Waals surface area contributed by atoms with E-state index in [4.69, 9.17) is 0 Å². The molecule has 4 nitrogen and oxygen atoms in total. The van der Waals surface area contributed by atoms with Gasteiger partial charge in [-0.2, -0.15) is 13.2 Å². The van der Waals surface area contributed by atoms with E-state index < -0.39 is 12.8 Å². The van der Waals surface area contributed by atoms with E-state index in [1.165, 1.54) is 12.3 Å². The van der Waals surface area contributed by atoms with Crippen LogP contribution in [0.1, 0.15) is 35.4 Å². The number of benzene rings is 1. The second-order valence-electron chi connectivity index (χ2n) is 6.50. The van der Waals surface area contributed by atoms with Crippen molar-refractivity contribution in [2.45, 2.75) is 25.4 Å². The van der Waals surface area contributed by atoms with E-state index in [9.17, 15) is 18.0 Å². The Balaban J connectivity index is 1.68. The Hall–Kier alpha value is -2.83. The number of ether oxygens (including phenoxy) is 1. The number of carbonyl (C=O) groups excluding carboxylic acids is 1. The molecular formula is C20H19F3N2O2. The summed E-state index contributed by atoms with van der Waals surface area (Å²) in [6.07, 6.45) is -2.89. The molecule has 0 saturated heterocycles. The molecule has 2 aromatic heterocycles. The minimum atomic E-state index is -4.39. The molecule has 0 aliphatic heterocycles. The highest BCUT2D eigenvalue weighted by atomic mass is 19.4. The lowest BCUT2D eigenvalue weighted by molar-refractivity contribution is -0.153. The maximum Gasteiger partial charge on any atom is 0.422 e. The van der Waals surface area contributed by atoms with Crippen LogP contribution in [0.15, 0.2) is 48.7 Å². The highest BCUT2D eigenvalue weighted by molar-refractivity contribution is 6.00. The third-order valence-corrected chi connectivity index (χ3v) is 4.40. The summed E-state index contributed by atoms with van der Waals surface area (Å²) < 4.78 is 43.0. The van der Waals surface area contributed by atoms with Crippen LogP contribution in [-0.2, 0) is 7.05 Å².